The number of hydrogen-bond donors (Lipinski definition) is 0. The summed E-state index contributed by atoms with van der Waals surface area (Å²) in [4.78, 5) is 0. The smallest absolute Gasteiger partial charge is 0.256 e. The van der Waals surface area contributed by atoms with Crippen LogP contribution < -0.4 is 4.52 Å². The Kier molecular flexibility index (Phi) is 5.55. The molecule has 0 fully saturated rings. The van der Waals surface area contributed by atoms with Crippen LogP contribution in [0.4, 0.5) is 0 Å². The second-order valence-corrected chi connectivity index (χ2v) is 1.87. The van der Waals surface area contributed by atoms with Crippen LogP contribution in [-0.4, -0.2) is 0 Å². The molecule has 0 N–H and O–H groups in total. The van der Waals surface area contributed by atoms with Crippen molar-refractivity contribution in [2.45, 2.75) is 0 Å². The summed E-state index contributed by atoms with van der Waals surface area (Å²) in [5.74, 6) is 0.644. The maximum absolute atomic E-state index is 9.90. The Hall–Kier alpha value is -0.140. The number of benzene rings is 1. The number of hydrogen-bond acceptors (Lipinski definition) is 2. The van der Waals surface area contributed by atoms with Crippen LogP contribution in [0.3, 0.4) is 0 Å². The van der Waals surface area contributed by atoms with E-state index in [1.54, 1.807) is 12.1 Å². The first kappa shape index (κ1) is 9.86. The van der Waals surface area contributed by atoms with E-state index in [4.69, 9.17) is 0 Å². The van der Waals surface area contributed by atoms with E-state index >= 15 is 0 Å². The van der Waals surface area contributed by atoms with Gasteiger partial charge in [-0.25, -0.2) is 0 Å². The van der Waals surface area contributed by atoms with E-state index in [1.807, 2.05) is 18.2 Å². The van der Waals surface area contributed by atoms with Crippen molar-refractivity contribution in [2.24, 2.45) is 0 Å². The summed E-state index contributed by atoms with van der Waals surface area (Å²) >= 11 is 0. The van der Waals surface area contributed by atoms with E-state index in [0.29, 0.717) is 5.75 Å². The van der Waals surface area contributed by atoms with Crippen molar-refractivity contribution < 1.29 is 31.5 Å². The molecule has 0 aromatic heterocycles. The molecule has 0 aliphatic carbocycles. The molecule has 1 aromatic carbocycles. The Morgan fingerprint density at radius 1 is 1.20 bits per heavy atom. The average molecular weight is 249 g/mol. The van der Waals surface area contributed by atoms with Gasteiger partial charge in [0.1, 0.15) is 0 Å². The fourth-order valence-corrected chi connectivity index (χ4v) is 0.769. The van der Waals surface area contributed by atoms with Crippen molar-refractivity contribution in [3.63, 3.8) is 0 Å². The molecule has 0 aliphatic rings. The maximum atomic E-state index is 9.90. The molecule has 0 amide bonds. The van der Waals surface area contributed by atoms with Gasteiger partial charge in [0.2, 0.25) is 0 Å². The van der Waals surface area contributed by atoms with Crippen LogP contribution in [0.1, 0.15) is 0 Å². The van der Waals surface area contributed by atoms with Crippen LogP contribution in [0, 0.1) is 0 Å². The minimum atomic E-state index is -0.715. The molecule has 0 saturated heterocycles. The fraction of sp³-hybridized carbons (Fsp3) is 0. The number of rotatable bonds is 2. The Morgan fingerprint density at radius 2 is 1.80 bits per heavy atom. The average Bonchev–Trinajstić information content (AvgIpc) is 1.91. The van der Waals surface area contributed by atoms with Gasteiger partial charge in [-0.15, -0.1) is 0 Å². The van der Waals surface area contributed by atoms with Crippen molar-refractivity contribution in [2.75, 3.05) is 0 Å². The molecular weight excluding hydrogens is 243 g/mol. The molecule has 57 valence electrons. The molecule has 1 atom stereocenters. The first-order valence-electron chi connectivity index (χ1n) is 2.52. The summed E-state index contributed by atoms with van der Waals surface area (Å²) in [6.45, 7) is 0. The van der Waals surface area contributed by atoms with Gasteiger partial charge in [0.05, 0.1) is 0 Å². The summed E-state index contributed by atoms with van der Waals surface area (Å²) in [5, 5.41) is 0. The van der Waals surface area contributed by atoms with Crippen LogP contribution in [-0.2, 0) is 26.9 Å². The largest absolute Gasteiger partial charge is 0.542 e. The zero-order valence-corrected chi connectivity index (χ0v) is 7.49. The maximum Gasteiger partial charge on any atom is 0.542 e. The standard InChI is InChI=1S/C6H6O2P.Ag/c7-9-8-6-4-2-1-3-5-6;/h1-5,9H;/q+1;. The van der Waals surface area contributed by atoms with Gasteiger partial charge in [0, 0.05) is 22.4 Å². The van der Waals surface area contributed by atoms with Crippen LogP contribution in [0.15, 0.2) is 30.3 Å². The minimum absolute atomic E-state index is 0. The second kappa shape index (κ2) is 5.63. The normalized spacial score (nSPS) is 8.40. The van der Waals surface area contributed by atoms with Crippen molar-refractivity contribution in [1.82, 2.24) is 0 Å². The second-order valence-electron chi connectivity index (χ2n) is 1.50. The summed E-state index contributed by atoms with van der Waals surface area (Å²) in [5.41, 5.74) is 0. The van der Waals surface area contributed by atoms with E-state index in [1.165, 1.54) is 0 Å². The van der Waals surface area contributed by atoms with E-state index in [2.05, 4.69) is 4.52 Å². The molecule has 10 heavy (non-hydrogen) atoms. The minimum Gasteiger partial charge on any atom is -0.256 e. The molecule has 1 radical (unpaired) electrons. The van der Waals surface area contributed by atoms with Crippen molar-refractivity contribution in [3.8, 4) is 5.75 Å². The van der Waals surface area contributed by atoms with Gasteiger partial charge in [0.15, 0.2) is 5.75 Å². The molecule has 0 aliphatic heterocycles. The monoisotopic (exact) mass is 248 g/mol. The molecule has 0 heterocycles. The molecule has 0 spiro atoms. The van der Waals surface area contributed by atoms with Crippen LogP contribution >= 0.6 is 8.69 Å². The molecule has 2 nitrogen and oxygen atoms in total. The van der Waals surface area contributed by atoms with E-state index in [0.717, 1.165) is 0 Å². The van der Waals surface area contributed by atoms with Crippen molar-refractivity contribution >= 4 is 8.69 Å². The van der Waals surface area contributed by atoms with Crippen LogP contribution in [0.25, 0.3) is 0 Å². The summed E-state index contributed by atoms with van der Waals surface area (Å²) in [6.07, 6.45) is 0. The summed E-state index contributed by atoms with van der Waals surface area (Å²) in [7, 11) is -0.715. The van der Waals surface area contributed by atoms with E-state index in [9.17, 15) is 4.57 Å². The third-order valence-corrected chi connectivity index (χ3v) is 1.22. The Bertz CT molecular complexity index is 190. The molecule has 1 rings (SSSR count). The summed E-state index contributed by atoms with van der Waals surface area (Å²) in [6, 6.07) is 9.04. The quantitative estimate of drug-likeness (QED) is 0.591. The Labute approximate surface area is 76.4 Å². The van der Waals surface area contributed by atoms with Gasteiger partial charge in [-0.1, -0.05) is 18.2 Å². The molecule has 4 heteroatoms. The molecular formula is C6H6AgO2P+. The summed E-state index contributed by atoms with van der Waals surface area (Å²) < 4.78 is 14.6. The van der Waals surface area contributed by atoms with Gasteiger partial charge in [0.25, 0.3) is 0 Å². The third-order valence-electron chi connectivity index (χ3n) is 0.903. The zero-order valence-electron chi connectivity index (χ0n) is 5.00. The SMILES string of the molecule is O=[PH+]Oc1ccccc1.[Ag]. The first-order chi connectivity index (χ1) is 4.43. The topological polar surface area (TPSA) is 26.3 Å². The van der Waals surface area contributed by atoms with Gasteiger partial charge in [-0.05, 0) is 16.7 Å². The Morgan fingerprint density at radius 3 is 2.30 bits per heavy atom. The van der Waals surface area contributed by atoms with E-state index < -0.39 is 8.69 Å². The van der Waals surface area contributed by atoms with Gasteiger partial charge < -0.3 is 0 Å². The zero-order chi connectivity index (χ0) is 6.53. The third kappa shape index (κ3) is 3.14. The predicted molar refractivity (Wildman–Crippen MR) is 36.1 cm³/mol. The first-order valence-corrected chi connectivity index (χ1v) is 3.34. The molecule has 1 aromatic rings. The van der Waals surface area contributed by atoms with Gasteiger partial charge >= 0.3 is 8.69 Å². The van der Waals surface area contributed by atoms with Gasteiger partial charge in [-0.3, -0.25) is 4.52 Å². The van der Waals surface area contributed by atoms with Crippen LogP contribution in [0.2, 0.25) is 0 Å². The fourth-order valence-electron chi connectivity index (χ4n) is 0.537. The number of para-hydroxylation sites is 1. The molecule has 1 unspecified atom stereocenters. The van der Waals surface area contributed by atoms with Crippen molar-refractivity contribution in [3.05, 3.63) is 30.3 Å². The molecule has 0 saturated carbocycles. The van der Waals surface area contributed by atoms with Crippen LogP contribution in [0.5, 0.6) is 5.75 Å². The van der Waals surface area contributed by atoms with E-state index in [-0.39, 0.29) is 22.4 Å². The molecule has 0 bridgehead atoms. The van der Waals surface area contributed by atoms with Crippen molar-refractivity contribution in [1.29, 1.82) is 0 Å². The predicted octanol–water partition coefficient (Wildman–Crippen LogP) is 2.00. The Balaban J connectivity index is 0.000000810. The van der Waals surface area contributed by atoms with Gasteiger partial charge in [-0.2, -0.15) is 0 Å².